The van der Waals surface area contributed by atoms with E-state index in [1.807, 2.05) is 0 Å². The van der Waals surface area contributed by atoms with Crippen LogP contribution in [0, 0.1) is 17.5 Å². The minimum absolute atomic E-state index is 0.113. The van der Waals surface area contributed by atoms with Gasteiger partial charge in [-0.1, -0.05) is 12.1 Å². The zero-order chi connectivity index (χ0) is 21.0. The average molecular weight is 398 g/mol. The highest BCUT2D eigenvalue weighted by Gasteiger charge is 2.14. The summed E-state index contributed by atoms with van der Waals surface area (Å²) < 4.78 is 39.5. The zero-order valence-electron chi connectivity index (χ0n) is 15.4. The molecule has 0 saturated carbocycles. The topological polar surface area (TPSA) is 58.2 Å². The molecule has 148 valence electrons. The third kappa shape index (κ3) is 5.22. The van der Waals surface area contributed by atoms with Crippen LogP contribution in [0.1, 0.15) is 39.2 Å². The fourth-order valence-corrected chi connectivity index (χ4v) is 2.71. The molecule has 29 heavy (non-hydrogen) atoms. The highest BCUT2D eigenvalue weighted by atomic mass is 19.1. The molecule has 3 rings (SSSR count). The molecular formula is C22H17F3N2O2. The summed E-state index contributed by atoms with van der Waals surface area (Å²) in [6.07, 6.45) is 0. The lowest BCUT2D eigenvalue weighted by Crippen LogP contribution is -2.26. The van der Waals surface area contributed by atoms with Crippen molar-refractivity contribution in [3.05, 3.63) is 101 Å². The molecule has 7 heteroatoms. The lowest BCUT2D eigenvalue weighted by molar-refractivity contribution is 0.0938. The van der Waals surface area contributed by atoms with E-state index in [9.17, 15) is 22.8 Å². The van der Waals surface area contributed by atoms with E-state index in [0.29, 0.717) is 17.3 Å². The van der Waals surface area contributed by atoms with Crippen LogP contribution >= 0.6 is 0 Å². The normalized spacial score (nSPS) is 11.6. The van der Waals surface area contributed by atoms with E-state index in [2.05, 4.69) is 10.6 Å². The van der Waals surface area contributed by atoms with Gasteiger partial charge in [-0.05, 0) is 61.0 Å². The molecule has 0 heterocycles. The monoisotopic (exact) mass is 398 g/mol. The molecule has 0 aliphatic rings. The van der Waals surface area contributed by atoms with Crippen LogP contribution in [0.25, 0.3) is 0 Å². The van der Waals surface area contributed by atoms with Crippen molar-refractivity contribution in [3.63, 3.8) is 0 Å². The number of anilines is 1. The molecule has 3 aromatic rings. The van der Waals surface area contributed by atoms with E-state index >= 15 is 0 Å². The van der Waals surface area contributed by atoms with Crippen molar-refractivity contribution in [1.29, 1.82) is 0 Å². The second-order valence-electron chi connectivity index (χ2n) is 6.44. The first-order valence-electron chi connectivity index (χ1n) is 8.75. The molecule has 0 spiro atoms. The molecule has 4 nitrogen and oxygen atoms in total. The summed E-state index contributed by atoms with van der Waals surface area (Å²) in [6, 6.07) is 14.1. The van der Waals surface area contributed by atoms with Crippen molar-refractivity contribution >= 4 is 17.5 Å². The molecule has 0 aliphatic heterocycles. The van der Waals surface area contributed by atoms with E-state index < -0.39 is 29.4 Å². The number of nitrogens with one attached hydrogen (secondary N) is 2. The second kappa shape index (κ2) is 8.60. The third-order valence-corrected chi connectivity index (χ3v) is 4.25. The van der Waals surface area contributed by atoms with E-state index in [-0.39, 0.29) is 11.5 Å². The summed E-state index contributed by atoms with van der Waals surface area (Å²) in [5.41, 5.74) is 1.46. The lowest BCUT2D eigenvalue weighted by atomic mass is 10.1. The molecular weight excluding hydrogens is 381 g/mol. The van der Waals surface area contributed by atoms with Crippen LogP contribution in [-0.2, 0) is 0 Å². The maximum atomic E-state index is 13.3. The number of hydrogen-bond donors (Lipinski definition) is 2. The number of hydrogen-bond acceptors (Lipinski definition) is 2. The van der Waals surface area contributed by atoms with Crippen LogP contribution in [0.2, 0.25) is 0 Å². The van der Waals surface area contributed by atoms with Crippen LogP contribution in [0.3, 0.4) is 0 Å². The van der Waals surface area contributed by atoms with E-state index in [1.165, 1.54) is 24.3 Å². The quantitative estimate of drug-likeness (QED) is 0.646. The maximum Gasteiger partial charge on any atom is 0.255 e. The van der Waals surface area contributed by atoms with Crippen molar-refractivity contribution in [1.82, 2.24) is 5.32 Å². The van der Waals surface area contributed by atoms with E-state index in [0.717, 1.165) is 17.7 Å². The van der Waals surface area contributed by atoms with Crippen LogP contribution < -0.4 is 10.6 Å². The minimum atomic E-state index is -0.830. The molecule has 0 fully saturated rings. The lowest BCUT2D eigenvalue weighted by Gasteiger charge is -2.15. The smallest absolute Gasteiger partial charge is 0.255 e. The highest BCUT2D eigenvalue weighted by Crippen LogP contribution is 2.18. The minimum Gasteiger partial charge on any atom is -0.346 e. The number of carbonyl (C=O) groups is 2. The first-order chi connectivity index (χ1) is 13.8. The molecule has 0 bridgehead atoms. The molecule has 0 radical (unpaired) electrons. The Hall–Kier alpha value is -3.61. The molecule has 2 amide bonds. The Labute approximate surface area is 165 Å². The first kappa shape index (κ1) is 20.1. The standard InChI is InChI=1S/C22H17F3N2O2/c1-13(26-22(29)16-10-18(24)12-19(25)11-16)14-4-8-20(9-5-14)27-21(28)15-2-6-17(23)7-3-15/h2-13H,1H3,(H,26,29)(H,27,28). The summed E-state index contributed by atoms with van der Waals surface area (Å²) in [6.45, 7) is 1.72. The largest absolute Gasteiger partial charge is 0.346 e. The van der Waals surface area contributed by atoms with Gasteiger partial charge in [0, 0.05) is 22.9 Å². The Balaban J connectivity index is 1.63. The molecule has 1 atom stereocenters. The predicted molar refractivity (Wildman–Crippen MR) is 103 cm³/mol. The van der Waals surface area contributed by atoms with Gasteiger partial charge in [-0.25, -0.2) is 13.2 Å². The summed E-state index contributed by atoms with van der Waals surface area (Å²) >= 11 is 0. The first-order valence-corrected chi connectivity index (χ1v) is 8.75. The van der Waals surface area contributed by atoms with Gasteiger partial charge in [0.05, 0.1) is 6.04 Å². The van der Waals surface area contributed by atoms with Gasteiger partial charge in [-0.15, -0.1) is 0 Å². The molecule has 3 aromatic carbocycles. The van der Waals surface area contributed by atoms with Gasteiger partial charge < -0.3 is 10.6 Å². The van der Waals surface area contributed by atoms with Gasteiger partial charge in [-0.2, -0.15) is 0 Å². The van der Waals surface area contributed by atoms with Crippen LogP contribution in [-0.4, -0.2) is 11.8 Å². The van der Waals surface area contributed by atoms with Crippen LogP contribution in [0.15, 0.2) is 66.7 Å². The van der Waals surface area contributed by atoms with Crippen LogP contribution in [0.5, 0.6) is 0 Å². The van der Waals surface area contributed by atoms with Crippen molar-refractivity contribution in [2.75, 3.05) is 5.32 Å². The highest BCUT2D eigenvalue weighted by molar-refractivity contribution is 6.04. The molecule has 0 aliphatic carbocycles. The number of amides is 2. The third-order valence-electron chi connectivity index (χ3n) is 4.25. The molecule has 1 unspecified atom stereocenters. The summed E-state index contributed by atoms with van der Waals surface area (Å²) in [4.78, 5) is 24.3. The Morgan fingerprint density at radius 2 is 1.31 bits per heavy atom. The van der Waals surface area contributed by atoms with Gasteiger partial charge in [-0.3, -0.25) is 9.59 Å². The van der Waals surface area contributed by atoms with Gasteiger partial charge in [0.1, 0.15) is 17.5 Å². The average Bonchev–Trinajstić information content (AvgIpc) is 2.68. The Morgan fingerprint density at radius 1 is 0.724 bits per heavy atom. The van der Waals surface area contributed by atoms with Gasteiger partial charge >= 0.3 is 0 Å². The number of benzene rings is 3. The zero-order valence-corrected chi connectivity index (χ0v) is 15.4. The summed E-state index contributed by atoms with van der Waals surface area (Å²) in [5, 5.41) is 5.35. The second-order valence-corrected chi connectivity index (χ2v) is 6.44. The summed E-state index contributed by atoms with van der Waals surface area (Å²) in [5.74, 6) is -3.08. The predicted octanol–water partition coefficient (Wildman–Crippen LogP) is 4.85. The van der Waals surface area contributed by atoms with Crippen molar-refractivity contribution in [2.45, 2.75) is 13.0 Å². The van der Waals surface area contributed by atoms with Crippen molar-refractivity contribution in [3.8, 4) is 0 Å². The maximum absolute atomic E-state index is 13.3. The Kier molecular flexibility index (Phi) is 5.97. The van der Waals surface area contributed by atoms with Crippen molar-refractivity contribution < 1.29 is 22.8 Å². The fraction of sp³-hybridized carbons (Fsp3) is 0.0909. The van der Waals surface area contributed by atoms with E-state index in [4.69, 9.17) is 0 Å². The Bertz CT molecular complexity index is 1010. The Morgan fingerprint density at radius 3 is 1.90 bits per heavy atom. The molecule has 0 aromatic heterocycles. The summed E-state index contributed by atoms with van der Waals surface area (Å²) in [7, 11) is 0. The molecule has 0 saturated heterocycles. The number of rotatable bonds is 5. The van der Waals surface area contributed by atoms with E-state index in [1.54, 1.807) is 31.2 Å². The number of halogens is 3. The number of carbonyl (C=O) groups excluding carboxylic acids is 2. The fourth-order valence-electron chi connectivity index (χ4n) is 2.71. The molecule has 2 N–H and O–H groups in total. The van der Waals surface area contributed by atoms with Gasteiger partial charge in [0.2, 0.25) is 0 Å². The van der Waals surface area contributed by atoms with Crippen LogP contribution in [0.4, 0.5) is 18.9 Å². The SMILES string of the molecule is CC(NC(=O)c1cc(F)cc(F)c1)c1ccc(NC(=O)c2ccc(F)cc2)cc1. The van der Waals surface area contributed by atoms with Gasteiger partial charge in [0.15, 0.2) is 0 Å². The van der Waals surface area contributed by atoms with Crippen molar-refractivity contribution in [2.24, 2.45) is 0 Å². The van der Waals surface area contributed by atoms with Gasteiger partial charge in [0.25, 0.3) is 11.8 Å².